The summed E-state index contributed by atoms with van der Waals surface area (Å²) in [4.78, 5) is 0. The molecule has 4 atom stereocenters. The van der Waals surface area contributed by atoms with E-state index in [-0.39, 0.29) is 0 Å². The van der Waals surface area contributed by atoms with Crippen LogP contribution in [0.5, 0.6) is 0 Å². The van der Waals surface area contributed by atoms with Crippen LogP contribution in [0.1, 0.15) is 20.3 Å². The maximum atomic E-state index is 9.65. The fourth-order valence-electron chi connectivity index (χ4n) is 1.54. The third-order valence-electron chi connectivity index (χ3n) is 2.49. The average Bonchev–Trinajstić information content (AvgIpc) is 2.00. The van der Waals surface area contributed by atoms with Gasteiger partial charge in [-0.2, -0.15) is 0 Å². The van der Waals surface area contributed by atoms with Crippen LogP contribution < -0.4 is 0 Å². The molecule has 1 rings (SSSR count). The summed E-state index contributed by atoms with van der Waals surface area (Å²) in [6.07, 6.45) is -1.62. The smallest absolute Gasteiger partial charge is 0.157 e. The van der Waals surface area contributed by atoms with Gasteiger partial charge in [-0.25, -0.2) is 0 Å². The molecule has 0 radical (unpaired) electrons. The molecule has 1 fully saturated rings. The van der Waals surface area contributed by atoms with Gasteiger partial charge in [-0.1, -0.05) is 0 Å². The molecule has 0 aliphatic carbocycles. The molecule has 0 saturated carbocycles. The Hall–Kier alpha value is -0.160. The maximum absolute atomic E-state index is 9.65. The molecule has 0 aromatic rings. The summed E-state index contributed by atoms with van der Waals surface area (Å²) in [5.74, 6) is 0. The van der Waals surface area contributed by atoms with Crippen molar-refractivity contribution in [2.24, 2.45) is 0 Å². The molecule has 1 heterocycles. The van der Waals surface area contributed by atoms with Crippen LogP contribution in [0.4, 0.5) is 0 Å². The number of aliphatic hydroxyl groups excluding tert-OH is 2. The Bertz CT molecular complexity index is 161. The molecule has 72 valence electrons. The molecule has 4 nitrogen and oxygen atoms in total. The predicted molar refractivity (Wildman–Crippen MR) is 42.6 cm³/mol. The Morgan fingerprint density at radius 2 is 2.08 bits per heavy atom. The van der Waals surface area contributed by atoms with Gasteiger partial charge < -0.3 is 19.7 Å². The van der Waals surface area contributed by atoms with Gasteiger partial charge in [0.1, 0.15) is 6.10 Å². The van der Waals surface area contributed by atoms with Crippen molar-refractivity contribution in [3.8, 4) is 0 Å². The zero-order valence-corrected chi connectivity index (χ0v) is 7.65. The zero-order chi connectivity index (χ0) is 9.35. The highest BCUT2D eigenvalue weighted by Crippen LogP contribution is 2.30. The average molecular weight is 176 g/mol. The molecule has 2 N–H and O–H groups in total. The number of ether oxygens (including phenoxy) is 2. The molecule has 1 aliphatic rings. The van der Waals surface area contributed by atoms with Crippen LogP contribution in [-0.2, 0) is 9.47 Å². The number of hydrogen-bond donors (Lipinski definition) is 2. The quantitative estimate of drug-likeness (QED) is 0.584. The lowest BCUT2D eigenvalue weighted by Gasteiger charge is -2.42. The minimum Gasteiger partial charge on any atom is -0.387 e. The van der Waals surface area contributed by atoms with Crippen LogP contribution in [0.15, 0.2) is 0 Å². The Morgan fingerprint density at radius 3 is 2.58 bits per heavy atom. The molecule has 0 bridgehead atoms. The standard InChI is InChI=1S/C8H16O4/c1-5-7(10)8(2,11-3)4-6(9)12-5/h5-7,9-10H,4H2,1-3H3/t5?,6?,7-,8?/m0/s1. The first-order chi connectivity index (χ1) is 5.49. The molecule has 12 heavy (non-hydrogen) atoms. The molecule has 4 heteroatoms. The third-order valence-corrected chi connectivity index (χ3v) is 2.49. The highest BCUT2D eigenvalue weighted by Gasteiger charge is 2.44. The Kier molecular flexibility index (Phi) is 2.73. The van der Waals surface area contributed by atoms with Crippen molar-refractivity contribution in [2.75, 3.05) is 7.11 Å². The van der Waals surface area contributed by atoms with Gasteiger partial charge in [-0.15, -0.1) is 0 Å². The third kappa shape index (κ3) is 1.61. The zero-order valence-electron chi connectivity index (χ0n) is 7.65. The van der Waals surface area contributed by atoms with E-state index in [0.717, 1.165) is 0 Å². The molecular formula is C8H16O4. The van der Waals surface area contributed by atoms with E-state index < -0.39 is 24.1 Å². The van der Waals surface area contributed by atoms with Gasteiger partial charge in [0.15, 0.2) is 6.29 Å². The number of rotatable bonds is 1. The molecule has 0 spiro atoms. The van der Waals surface area contributed by atoms with Gasteiger partial charge in [0.05, 0.1) is 11.7 Å². The van der Waals surface area contributed by atoms with E-state index in [9.17, 15) is 10.2 Å². The summed E-state index contributed by atoms with van der Waals surface area (Å²) in [7, 11) is 1.52. The summed E-state index contributed by atoms with van der Waals surface area (Å²) in [5, 5.41) is 18.9. The Balaban J connectivity index is 2.72. The van der Waals surface area contributed by atoms with Gasteiger partial charge >= 0.3 is 0 Å². The molecule has 1 saturated heterocycles. The van der Waals surface area contributed by atoms with Gasteiger partial charge in [0.2, 0.25) is 0 Å². The van der Waals surface area contributed by atoms with E-state index in [1.165, 1.54) is 7.11 Å². The van der Waals surface area contributed by atoms with Crippen molar-refractivity contribution < 1.29 is 19.7 Å². The van der Waals surface area contributed by atoms with Crippen molar-refractivity contribution in [1.29, 1.82) is 0 Å². The largest absolute Gasteiger partial charge is 0.387 e. The highest BCUT2D eigenvalue weighted by atomic mass is 16.6. The second kappa shape index (κ2) is 3.30. The first-order valence-electron chi connectivity index (χ1n) is 4.06. The van der Waals surface area contributed by atoms with Crippen molar-refractivity contribution in [3.63, 3.8) is 0 Å². The highest BCUT2D eigenvalue weighted by molar-refractivity contribution is 4.91. The van der Waals surface area contributed by atoms with E-state index in [0.29, 0.717) is 6.42 Å². The molecule has 1 aliphatic heterocycles. The van der Waals surface area contributed by atoms with Crippen LogP contribution in [0.25, 0.3) is 0 Å². The number of hydrogen-bond acceptors (Lipinski definition) is 4. The monoisotopic (exact) mass is 176 g/mol. The van der Waals surface area contributed by atoms with Crippen molar-refractivity contribution in [3.05, 3.63) is 0 Å². The lowest BCUT2D eigenvalue weighted by atomic mass is 9.89. The van der Waals surface area contributed by atoms with Crippen LogP contribution in [0.3, 0.4) is 0 Å². The van der Waals surface area contributed by atoms with E-state index in [2.05, 4.69) is 0 Å². The lowest BCUT2D eigenvalue weighted by molar-refractivity contribution is -0.263. The Morgan fingerprint density at radius 1 is 1.50 bits per heavy atom. The second-order valence-electron chi connectivity index (χ2n) is 3.46. The minimum atomic E-state index is -0.839. The van der Waals surface area contributed by atoms with Crippen LogP contribution in [0.2, 0.25) is 0 Å². The summed E-state index contributed by atoms with van der Waals surface area (Å²) >= 11 is 0. The molecule has 0 aromatic heterocycles. The SMILES string of the molecule is COC1(C)CC(O)OC(C)[C@@H]1O. The molecule has 0 amide bonds. The summed E-state index contributed by atoms with van der Waals surface area (Å²) < 4.78 is 10.2. The minimum absolute atomic E-state index is 0.301. The van der Waals surface area contributed by atoms with E-state index in [1.807, 2.05) is 0 Å². The van der Waals surface area contributed by atoms with Crippen LogP contribution in [-0.4, -0.2) is 41.4 Å². The van der Waals surface area contributed by atoms with E-state index in [1.54, 1.807) is 13.8 Å². The van der Waals surface area contributed by atoms with Crippen molar-refractivity contribution >= 4 is 0 Å². The van der Waals surface area contributed by atoms with E-state index >= 15 is 0 Å². The first kappa shape index (κ1) is 9.92. The van der Waals surface area contributed by atoms with E-state index in [4.69, 9.17) is 9.47 Å². The fraction of sp³-hybridized carbons (Fsp3) is 1.00. The van der Waals surface area contributed by atoms with Gasteiger partial charge in [-0.3, -0.25) is 0 Å². The molecule has 3 unspecified atom stereocenters. The van der Waals surface area contributed by atoms with Gasteiger partial charge in [0.25, 0.3) is 0 Å². The van der Waals surface area contributed by atoms with Gasteiger partial charge in [-0.05, 0) is 13.8 Å². The normalized spacial score (nSPS) is 49.2. The molecule has 0 aromatic carbocycles. The van der Waals surface area contributed by atoms with Crippen molar-refractivity contribution in [2.45, 2.75) is 44.4 Å². The number of methoxy groups -OCH3 is 1. The maximum Gasteiger partial charge on any atom is 0.157 e. The van der Waals surface area contributed by atoms with Crippen LogP contribution >= 0.6 is 0 Å². The number of aliphatic hydroxyl groups is 2. The lowest BCUT2D eigenvalue weighted by Crippen LogP contribution is -2.55. The topological polar surface area (TPSA) is 58.9 Å². The first-order valence-corrected chi connectivity index (χ1v) is 4.06. The second-order valence-corrected chi connectivity index (χ2v) is 3.46. The molecular weight excluding hydrogens is 160 g/mol. The predicted octanol–water partition coefficient (Wildman–Crippen LogP) is -0.120. The summed E-state index contributed by atoms with van der Waals surface area (Å²) in [5.41, 5.74) is -0.697. The Labute approximate surface area is 72.1 Å². The van der Waals surface area contributed by atoms with Crippen molar-refractivity contribution in [1.82, 2.24) is 0 Å². The van der Waals surface area contributed by atoms with Crippen LogP contribution in [0, 0.1) is 0 Å². The van der Waals surface area contributed by atoms with Gasteiger partial charge in [0, 0.05) is 13.5 Å². The summed E-state index contributed by atoms with van der Waals surface area (Å²) in [6, 6.07) is 0. The summed E-state index contributed by atoms with van der Waals surface area (Å²) in [6.45, 7) is 3.48. The fourth-order valence-corrected chi connectivity index (χ4v) is 1.54.